The van der Waals surface area contributed by atoms with Crippen LogP contribution in [-0.4, -0.2) is 26.8 Å². The molecular formula is C19H23F3N6O. The van der Waals surface area contributed by atoms with Crippen LogP contribution in [0.5, 0.6) is 0 Å². The summed E-state index contributed by atoms with van der Waals surface area (Å²) in [6.45, 7) is 4.56. The number of amides is 1. The third kappa shape index (κ3) is 5.47. The highest BCUT2D eigenvalue weighted by atomic mass is 19.4. The zero-order valence-corrected chi connectivity index (χ0v) is 16.0. The van der Waals surface area contributed by atoms with Gasteiger partial charge in [-0.25, -0.2) is 5.26 Å². The molecule has 10 heteroatoms. The molecule has 1 fully saturated rings. The minimum atomic E-state index is -4.35. The highest BCUT2D eigenvalue weighted by Gasteiger charge is 2.37. The maximum atomic E-state index is 12.8. The van der Waals surface area contributed by atoms with Gasteiger partial charge in [-0.2, -0.15) is 18.3 Å². The third-order valence-electron chi connectivity index (χ3n) is 4.93. The fourth-order valence-corrected chi connectivity index (χ4v) is 3.24. The van der Waals surface area contributed by atoms with Crippen molar-refractivity contribution in [2.24, 2.45) is 5.73 Å². The lowest BCUT2D eigenvalue weighted by molar-refractivity contribution is -0.147. The second-order valence-electron chi connectivity index (χ2n) is 6.89. The smallest absolute Gasteiger partial charge is 0.365 e. The summed E-state index contributed by atoms with van der Waals surface area (Å²) in [7, 11) is 0. The molecule has 29 heavy (non-hydrogen) atoms. The minimum Gasteiger partial charge on any atom is -0.365 e. The molecule has 0 radical (unpaired) electrons. The molecular weight excluding hydrogens is 385 g/mol. The Morgan fingerprint density at radius 1 is 1.31 bits per heavy atom. The molecule has 1 aliphatic carbocycles. The molecule has 7 nitrogen and oxygen atoms in total. The number of nitriles is 1. The van der Waals surface area contributed by atoms with Crippen molar-refractivity contribution in [3.8, 4) is 6.57 Å². The lowest BCUT2D eigenvalue weighted by Gasteiger charge is -2.21. The van der Waals surface area contributed by atoms with Crippen LogP contribution in [0.4, 0.5) is 24.7 Å². The largest absolute Gasteiger partial charge is 0.396 e. The van der Waals surface area contributed by atoms with Crippen molar-refractivity contribution in [2.45, 2.75) is 57.2 Å². The van der Waals surface area contributed by atoms with Crippen molar-refractivity contribution < 1.29 is 18.0 Å². The van der Waals surface area contributed by atoms with E-state index in [9.17, 15) is 18.0 Å². The van der Waals surface area contributed by atoms with Crippen molar-refractivity contribution >= 4 is 17.4 Å². The summed E-state index contributed by atoms with van der Waals surface area (Å²) in [6, 6.07) is 3.01. The van der Waals surface area contributed by atoms with Gasteiger partial charge in [-0.05, 0) is 31.9 Å². The average Bonchev–Trinajstić information content (AvgIpc) is 3.14. The van der Waals surface area contributed by atoms with Crippen molar-refractivity contribution in [3.05, 3.63) is 35.8 Å². The van der Waals surface area contributed by atoms with Gasteiger partial charge in [-0.3, -0.25) is 14.5 Å². The minimum absolute atomic E-state index is 0.0732. The van der Waals surface area contributed by atoms with E-state index in [1.165, 1.54) is 24.8 Å². The van der Waals surface area contributed by atoms with Crippen molar-refractivity contribution in [1.82, 2.24) is 14.8 Å². The van der Waals surface area contributed by atoms with E-state index in [0.29, 0.717) is 5.69 Å². The SMILES string of the molecule is C#N.CC(c1ccc(Nc2nn(C3CCCCC3)cc2C(N)=O)cn1)C(F)(F)F. The number of alkyl halides is 3. The second kappa shape index (κ2) is 9.41. The van der Waals surface area contributed by atoms with E-state index in [4.69, 9.17) is 11.0 Å². The zero-order valence-electron chi connectivity index (χ0n) is 16.0. The number of carbonyl (C=O) groups excluding carboxylic acids is 1. The van der Waals surface area contributed by atoms with E-state index >= 15 is 0 Å². The summed E-state index contributed by atoms with van der Waals surface area (Å²) in [5.41, 5.74) is 6.06. The number of pyridine rings is 1. The molecule has 2 heterocycles. The number of nitrogens with zero attached hydrogens (tertiary/aromatic N) is 4. The van der Waals surface area contributed by atoms with Crippen LogP contribution in [0.1, 0.15) is 67.0 Å². The van der Waals surface area contributed by atoms with Crippen LogP contribution >= 0.6 is 0 Å². The second-order valence-corrected chi connectivity index (χ2v) is 6.89. The number of nitrogens with one attached hydrogen (secondary N) is 1. The molecule has 0 aliphatic heterocycles. The Morgan fingerprint density at radius 2 is 1.97 bits per heavy atom. The van der Waals surface area contributed by atoms with Crippen LogP contribution in [0.25, 0.3) is 0 Å². The van der Waals surface area contributed by atoms with Gasteiger partial charge >= 0.3 is 6.18 Å². The van der Waals surface area contributed by atoms with E-state index in [0.717, 1.165) is 32.6 Å². The summed E-state index contributed by atoms with van der Waals surface area (Å²) in [5.74, 6) is -1.99. The Labute approximate surface area is 166 Å². The monoisotopic (exact) mass is 408 g/mol. The number of anilines is 2. The first-order valence-corrected chi connectivity index (χ1v) is 9.20. The molecule has 0 aromatic carbocycles. The predicted octanol–water partition coefficient (Wildman–Crippen LogP) is 4.43. The molecule has 3 rings (SSSR count). The average molecular weight is 408 g/mol. The maximum Gasteiger partial charge on any atom is 0.396 e. The molecule has 0 spiro atoms. The molecule has 0 bridgehead atoms. The summed E-state index contributed by atoms with van der Waals surface area (Å²) in [5, 5.41) is 13.9. The fourth-order valence-electron chi connectivity index (χ4n) is 3.24. The molecule has 0 saturated heterocycles. The lowest BCUT2D eigenvalue weighted by atomic mass is 9.96. The quantitative estimate of drug-likeness (QED) is 0.760. The third-order valence-corrected chi connectivity index (χ3v) is 4.93. The first-order valence-electron chi connectivity index (χ1n) is 9.20. The van der Waals surface area contributed by atoms with Gasteiger partial charge in [0.05, 0.1) is 29.5 Å². The first-order chi connectivity index (χ1) is 13.8. The number of rotatable bonds is 5. The van der Waals surface area contributed by atoms with Gasteiger partial charge in [0.25, 0.3) is 5.91 Å². The van der Waals surface area contributed by atoms with Crippen LogP contribution in [0.15, 0.2) is 24.5 Å². The fraction of sp³-hybridized carbons (Fsp3) is 0.474. The molecule has 1 atom stereocenters. The van der Waals surface area contributed by atoms with Crippen molar-refractivity contribution in [2.75, 3.05) is 5.32 Å². The van der Waals surface area contributed by atoms with Gasteiger partial charge in [-0.1, -0.05) is 19.3 Å². The first kappa shape index (κ1) is 22.2. The summed E-state index contributed by atoms with van der Waals surface area (Å²) < 4.78 is 40.1. The van der Waals surface area contributed by atoms with E-state index in [-0.39, 0.29) is 23.1 Å². The van der Waals surface area contributed by atoms with Gasteiger partial charge in [0.1, 0.15) is 5.56 Å². The normalized spacial score (nSPS) is 15.8. The van der Waals surface area contributed by atoms with Crippen LogP contribution < -0.4 is 11.1 Å². The van der Waals surface area contributed by atoms with Crippen molar-refractivity contribution in [3.63, 3.8) is 0 Å². The molecule has 3 N–H and O–H groups in total. The number of carbonyl (C=O) groups is 1. The van der Waals surface area contributed by atoms with Gasteiger partial charge in [0, 0.05) is 12.8 Å². The highest BCUT2D eigenvalue weighted by molar-refractivity contribution is 5.98. The van der Waals surface area contributed by atoms with Crippen LogP contribution in [0.3, 0.4) is 0 Å². The van der Waals surface area contributed by atoms with Gasteiger partial charge in [0.15, 0.2) is 5.82 Å². The van der Waals surface area contributed by atoms with Crippen LogP contribution in [-0.2, 0) is 0 Å². The maximum absolute atomic E-state index is 12.8. The molecule has 1 unspecified atom stereocenters. The Hall–Kier alpha value is -3.09. The Balaban J connectivity index is 0.00000145. The van der Waals surface area contributed by atoms with E-state index in [1.807, 2.05) is 0 Å². The number of hydrogen-bond donors (Lipinski definition) is 2. The summed E-state index contributed by atoms with van der Waals surface area (Å²) >= 11 is 0. The highest BCUT2D eigenvalue weighted by Crippen LogP contribution is 2.34. The topological polar surface area (TPSA) is 110 Å². The molecule has 156 valence electrons. The Bertz CT molecular complexity index is 838. The molecule has 1 saturated carbocycles. The Morgan fingerprint density at radius 3 is 2.48 bits per heavy atom. The van der Waals surface area contributed by atoms with Gasteiger partial charge in [0.2, 0.25) is 0 Å². The van der Waals surface area contributed by atoms with E-state index < -0.39 is 18.0 Å². The van der Waals surface area contributed by atoms with E-state index in [2.05, 4.69) is 22.0 Å². The van der Waals surface area contributed by atoms with Crippen LogP contribution in [0.2, 0.25) is 0 Å². The molecule has 1 aliphatic rings. The Kier molecular flexibility index (Phi) is 7.20. The van der Waals surface area contributed by atoms with Gasteiger partial charge in [-0.15, -0.1) is 0 Å². The standard InChI is InChI=1S/C18H22F3N5O.CHN/c1-11(18(19,20)21)15-8-7-12(9-23-15)24-17-14(16(22)27)10-26(25-17)13-5-3-2-4-6-13;1-2/h7-11,13H,2-6H2,1H3,(H2,22,27)(H,24,25);1H. The number of halogens is 3. The number of nitrogens with two attached hydrogens (primary N) is 1. The molecule has 1 amide bonds. The van der Waals surface area contributed by atoms with Crippen molar-refractivity contribution in [1.29, 1.82) is 5.26 Å². The molecule has 2 aromatic rings. The number of aromatic nitrogens is 3. The summed E-state index contributed by atoms with van der Waals surface area (Å²) in [4.78, 5) is 15.6. The number of primary amides is 1. The van der Waals surface area contributed by atoms with Gasteiger partial charge < -0.3 is 11.1 Å². The summed E-state index contributed by atoms with van der Waals surface area (Å²) in [6.07, 6.45) is 3.98. The molecule has 2 aromatic heterocycles. The lowest BCUT2D eigenvalue weighted by Crippen LogP contribution is -2.18. The van der Waals surface area contributed by atoms with Crippen LogP contribution in [0, 0.1) is 11.8 Å². The predicted molar refractivity (Wildman–Crippen MR) is 102 cm³/mol. The number of hydrogen-bond acceptors (Lipinski definition) is 5. The zero-order chi connectivity index (χ0) is 21.6. The van der Waals surface area contributed by atoms with E-state index in [1.54, 1.807) is 10.9 Å².